The van der Waals surface area contributed by atoms with E-state index in [4.69, 9.17) is 0 Å². The highest BCUT2D eigenvalue weighted by Gasteiger charge is 2.29. The first-order chi connectivity index (χ1) is 15.8. The predicted octanol–water partition coefficient (Wildman–Crippen LogP) is 6.05. The van der Waals surface area contributed by atoms with Crippen LogP contribution in [0.1, 0.15) is 36.6 Å². The summed E-state index contributed by atoms with van der Waals surface area (Å²) in [5.74, 6) is -0.905. The van der Waals surface area contributed by atoms with Gasteiger partial charge in [0.05, 0.1) is 11.1 Å². The van der Waals surface area contributed by atoms with Crippen molar-refractivity contribution >= 4 is 10.9 Å². The SMILES string of the molecule is CC(O)(CCCN1Cc2c(n(-c3ccc(F)cc3)c3ccc(F)cc23)C1)c1ccc(F)cc1. The molecule has 0 aliphatic carbocycles. The number of rotatable bonds is 6. The summed E-state index contributed by atoms with van der Waals surface area (Å²) >= 11 is 0. The third-order valence-corrected chi connectivity index (χ3v) is 6.59. The molecule has 1 aromatic heterocycles. The summed E-state index contributed by atoms with van der Waals surface area (Å²) in [5.41, 5.74) is 3.56. The van der Waals surface area contributed by atoms with Crippen molar-refractivity contribution in [1.29, 1.82) is 0 Å². The lowest BCUT2D eigenvalue weighted by atomic mass is 9.91. The first-order valence-corrected chi connectivity index (χ1v) is 11.1. The van der Waals surface area contributed by atoms with E-state index in [1.54, 1.807) is 43.3 Å². The summed E-state index contributed by atoms with van der Waals surface area (Å²) in [6.45, 7) is 3.87. The Morgan fingerprint density at radius 2 is 1.48 bits per heavy atom. The number of aliphatic hydroxyl groups is 1. The lowest BCUT2D eigenvalue weighted by Gasteiger charge is -2.25. The quantitative estimate of drug-likeness (QED) is 0.387. The van der Waals surface area contributed by atoms with Gasteiger partial charge in [0.1, 0.15) is 17.5 Å². The minimum Gasteiger partial charge on any atom is -0.385 e. The van der Waals surface area contributed by atoms with Crippen LogP contribution < -0.4 is 0 Å². The third-order valence-electron chi connectivity index (χ3n) is 6.59. The Morgan fingerprint density at radius 3 is 2.18 bits per heavy atom. The van der Waals surface area contributed by atoms with Gasteiger partial charge >= 0.3 is 0 Å². The first kappa shape index (κ1) is 21.7. The largest absolute Gasteiger partial charge is 0.385 e. The van der Waals surface area contributed by atoms with Crippen LogP contribution in [0.2, 0.25) is 0 Å². The molecule has 1 N–H and O–H groups in total. The maximum absolute atomic E-state index is 14.1. The fraction of sp³-hybridized carbons (Fsp3) is 0.259. The summed E-state index contributed by atoms with van der Waals surface area (Å²) in [5, 5.41) is 11.7. The van der Waals surface area contributed by atoms with Gasteiger partial charge in [-0.1, -0.05) is 12.1 Å². The van der Waals surface area contributed by atoms with Crippen molar-refractivity contribution in [2.45, 2.75) is 38.5 Å². The van der Waals surface area contributed by atoms with E-state index in [1.165, 1.54) is 30.3 Å². The number of fused-ring (bicyclic) bond motifs is 3. The van der Waals surface area contributed by atoms with Crippen LogP contribution in [0.4, 0.5) is 13.2 Å². The van der Waals surface area contributed by atoms with Crippen molar-refractivity contribution in [1.82, 2.24) is 9.47 Å². The van der Waals surface area contributed by atoms with E-state index in [0.717, 1.165) is 40.8 Å². The van der Waals surface area contributed by atoms with E-state index in [2.05, 4.69) is 9.47 Å². The second-order valence-electron chi connectivity index (χ2n) is 8.99. The van der Waals surface area contributed by atoms with Crippen molar-refractivity contribution in [2.24, 2.45) is 0 Å². The van der Waals surface area contributed by atoms with E-state index in [0.29, 0.717) is 25.1 Å². The summed E-state index contributed by atoms with van der Waals surface area (Å²) < 4.78 is 42.9. The molecule has 170 valence electrons. The van der Waals surface area contributed by atoms with Gasteiger partial charge in [-0.05, 0) is 92.0 Å². The first-order valence-electron chi connectivity index (χ1n) is 11.1. The summed E-state index contributed by atoms with van der Waals surface area (Å²) in [7, 11) is 0. The zero-order valence-corrected chi connectivity index (χ0v) is 18.4. The third kappa shape index (κ3) is 4.16. The van der Waals surface area contributed by atoms with Crippen molar-refractivity contribution in [3.8, 4) is 5.69 Å². The monoisotopic (exact) mass is 450 g/mol. The number of hydrogen-bond acceptors (Lipinski definition) is 2. The van der Waals surface area contributed by atoms with Crippen LogP contribution in [0.25, 0.3) is 16.6 Å². The van der Waals surface area contributed by atoms with Crippen LogP contribution in [0.5, 0.6) is 0 Å². The average Bonchev–Trinajstić information content (AvgIpc) is 3.31. The van der Waals surface area contributed by atoms with E-state index in [9.17, 15) is 18.3 Å². The van der Waals surface area contributed by atoms with Gasteiger partial charge in [-0.15, -0.1) is 0 Å². The second-order valence-corrected chi connectivity index (χ2v) is 8.99. The molecule has 6 heteroatoms. The molecular weight excluding hydrogens is 425 g/mol. The number of hydrogen-bond donors (Lipinski definition) is 1. The molecule has 0 fully saturated rings. The molecule has 0 bridgehead atoms. The Hall–Kier alpha value is -3.09. The average molecular weight is 451 g/mol. The fourth-order valence-electron chi connectivity index (χ4n) is 4.86. The van der Waals surface area contributed by atoms with Gasteiger partial charge in [-0.2, -0.15) is 0 Å². The predicted molar refractivity (Wildman–Crippen MR) is 123 cm³/mol. The highest BCUT2D eigenvalue weighted by atomic mass is 19.1. The van der Waals surface area contributed by atoms with Gasteiger partial charge in [0.2, 0.25) is 0 Å². The van der Waals surface area contributed by atoms with Crippen molar-refractivity contribution in [2.75, 3.05) is 6.54 Å². The van der Waals surface area contributed by atoms with Crippen LogP contribution in [0.15, 0.2) is 66.7 Å². The van der Waals surface area contributed by atoms with Crippen LogP contribution >= 0.6 is 0 Å². The standard InChI is InChI=1S/C27H25F3N2O/c1-27(33,18-3-5-19(28)6-4-18)13-2-14-31-16-24-23-15-21(30)9-12-25(23)32(26(24)17-31)22-10-7-20(29)8-11-22/h3-12,15,33H,2,13-14,16-17H2,1H3. The normalized spacial score (nSPS) is 15.7. The molecule has 3 aromatic carbocycles. The van der Waals surface area contributed by atoms with Crippen molar-refractivity contribution < 1.29 is 18.3 Å². The van der Waals surface area contributed by atoms with E-state index >= 15 is 0 Å². The highest BCUT2D eigenvalue weighted by Crippen LogP contribution is 2.36. The van der Waals surface area contributed by atoms with Gasteiger partial charge in [0, 0.05) is 29.9 Å². The van der Waals surface area contributed by atoms with Gasteiger partial charge in [-0.25, -0.2) is 13.2 Å². The summed E-state index contributed by atoms with van der Waals surface area (Å²) in [6.07, 6.45) is 1.28. The lowest BCUT2D eigenvalue weighted by Crippen LogP contribution is -2.25. The Bertz CT molecular complexity index is 1290. The number of halogens is 3. The smallest absolute Gasteiger partial charge is 0.123 e. The molecular formula is C27H25F3N2O. The topological polar surface area (TPSA) is 28.4 Å². The molecule has 5 rings (SSSR count). The molecule has 0 spiro atoms. The molecule has 0 amide bonds. The molecule has 4 aromatic rings. The molecule has 0 saturated carbocycles. The zero-order chi connectivity index (χ0) is 23.2. The Morgan fingerprint density at radius 1 is 0.848 bits per heavy atom. The summed E-state index contributed by atoms with van der Waals surface area (Å²) in [6, 6.07) is 17.1. The van der Waals surface area contributed by atoms with E-state index in [-0.39, 0.29) is 17.5 Å². The van der Waals surface area contributed by atoms with Gasteiger partial charge in [-0.3, -0.25) is 4.90 Å². The number of aromatic nitrogens is 1. The minimum atomic E-state index is -1.04. The lowest BCUT2D eigenvalue weighted by molar-refractivity contribution is 0.0421. The van der Waals surface area contributed by atoms with Crippen molar-refractivity contribution in [3.05, 3.63) is 101 Å². The maximum Gasteiger partial charge on any atom is 0.123 e. The maximum atomic E-state index is 14.1. The van der Waals surface area contributed by atoms with Crippen LogP contribution in [-0.2, 0) is 18.7 Å². The molecule has 33 heavy (non-hydrogen) atoms. The Labute approximate surface area is 190 Å². The van der Waals surface area contributed by atoms with Crippen molar-refractivity contribution in [3.63, 3.8) is 0 Å². The molecule has 1 atom stereocenters. The van der Waals surface area contributed by atoms with E-state index in [1.807, 2.05) is 0 Å². The minimum absolute atomic E-state index is 0.282. The van der Waals surface area contributed by atoms with Gasteiger partial charge in [0.15, 0.2) is 0 Å². The molecule has 2 heterocycles. The molecule has 1 unspecified atom stereocenters. The summed E-state index contributed by atoms with van der Waals surface area (Å²) in [4.78, 5) is 2.27. The highest BCUT2D eigenvalue weighted by molar-refractivity contribution is 5.88. The molecule has 0 radical (unpaired) electrons. The van der Waals surface area contributed by atoms with Gasteiger partial charge < -0.3 is 9.67 Å². The molecule has 1 aliphatic heterocycles. The van der Waals surface area contributed by atoms with Gasteiger partial charge in [0.25, 0.3) is 0 Å². The number of benzene rings is 3. The zero-order valence-electron chi connectivity index (χ0n) is 18.4. The molecule has 1 aliphatic rings. The van der Waals surface area contributed by atoms with Crippen LogP contribution in [0, 0.1) is 17.5 Å². The molecule has 3 nitrogen and oxygen atoms in total. The molecule has 0 saturated heterocycles. The van der Waals surface area contributed by atoms with Crippen LogP contribution in [-0.4, -0.2) is 21.1 Å². The second kappa shape index (κ2) is 8.36. The van der Waals surface area contributed by atoms with E-state index < -0.39 is 5.60 Å². The Kier molecular flexibility index (Phi) is 5.51. The van der Waals surface area contributed by atoms with Crippen LogP contribution in [0.3, 0.4) is 0 Å². The fourth-order valence-corrected chi connectivity index (χ4v) is 4.86. The Balaban J connectivity index is 1.36. The number of nitrogens with zero attached hydrogens (tertiary/aromatic N) is 2.